The lowest BCUT2D eigenvalue weighted by atomic mass is 10.2. The summed E-state index contributed by atoms with van der Waals surface area (Å²) < 4.78 is 72.2. The number of carbonyl (C=O) groups is 2. The Morgan fingerprint density at radius 1 is 0.903 bits per heavy atom. The van der Waals surface area contributed by atoms with E-state index >= 15 is 0 Å². The van der Waals surface area contributed by atoms with Crippen LogP contribution in [0.3, 0.4) is 0 Å². The van der Waals surface area contributed by atoms with Crippen LogP contribution in [0.2, 0.25) is 0 Å². The van der Waals surface area contributed by atoms with Gasteiger partial charge in [-0.3, -0.25) is 0 Å². The van der Waals surface area contributed by atoms with Crippen LogP contribution >= 0.6 is 0 Å². The second kappa shape index (κ2) is 10.1. The topological polar surface area (TPSA) is 72.8 Å². The van der Waals surface area contributed by atoms with Gasteiger partial charge in [0.1, 0.15) is 11.5 Å². The molecule has 0 saturated heterocycles. The molecule has 0 amide bonds. The highest BCUT2D eigenvalue weighted by Crippen LogP contribution is 2.38. The van der Waals surface area contributed by atoms with E-state index < -0.39 is 36.9 Å². The number of carboxylic acid groups (broad SMARTS) is 1. The Morgan fingerprint density at radius 3 is 2.03 bits per heavy atom. The van der Waals surface area contributed by atoms with E-state index in [1.807, 2.05) is 0 Å². The molecule has 0 bridgehead atoms. The van der Waals surface area contributed by atoms with Crippen LogP contribution < -0.4 is 9.47 Å². The van der Waals surface area contributed by atoms with Gasteiger partial charge in [-0.05, 0) is 54.5 Å². The number of hydrogen-bond donors (Lipinski definition) is 1. The molecule has 0 heterocycles. The van der Waals surface area contributed by atoms with Crippen LogP contribution in [-0.2, 0) is 4.79 Å². The van der Waals surface area contributed by atoms with E-state index in [0.717, 1.165) is 6.08 Å². The van der Waals surface area contributed by atoms with Gasteiger partial charge in [-0.1, -0.05) is 12.1 Å². The summed E-state index contributed by atoms with van der Waals surface area (Å²) in [5.74, 6) is -6.13. The van der Waals surface area contributed by atoms with Crippen molar-refractivity contribution in [3.05, 3.63) is 65.7 Å². The Morgan fingerprint density at radius 2 is 1.48 bits per heavy atom. The Bertz CT molecular complexity index is 919. The number of aliphatic carboxylic acids is 1. The number of rotatable bonds is 9. The molecule has 0 atom stereocenters. The van der Waals surface area contributed by atoms with Crippen molar-refractivity contribution >= 4 is 18.0 Å². The minimum absolute atomic E-state index is 0.158. The highest BCUT2D eigenvalue weighted by atomic mass is 19.4. The van der Waals surface area contributed by atoms with Crippen LogP contribution in [0.15, 0.2) is 54.6 Å². The van der Waals surface area contributed by atoms with Gasteiger partial charge < -0.3 is 14.6 Å². The van der Waals surface area contributed by atoms with Crippen molar-refractivity contribution in [1.82, 2.24) is 0 Å². The standard InChI is InChI=1S/C21H17F5O5/c22-20(23,21(24,25)26)12-1-13-30-16-9-5-15(6-10-16)19(29)31-17-7-2-14(3-8-17)4-11-18(27)28/h2-11H,1,12-13H2,(H,27,28). The maximum Gasteiger partial charge on any atom is 0.453 e. The van der Waals surface area contributed by atoms with Crippen LogP contribution in [0.4, 0.5) is 22.0 Å². The molecule has 0 unspecified atom stereocenters. The van der Waals surface area contributed by atoms with E-state index in [1.54, 1.807) is 12.1 Å². The van der Waals surface area contributed by atoms with Crippen molar-refractivity contribution in [2.75, 3.05) is 6.61 Å². The third kappa shape index (κ3) is 7.40. The molecule has 2 rings (SSSR count). The predicted molar refractivity (Wildman–Crippen MR) is 100 cm³/mol. The maximum absolute atomic E-state index is 12.8. The minimum atomic E-state index is -5.59. The molecule has 0 saturated carbocycles. The van der Waals surface area contributed by atoms with Gasteiger partial charge in [0, 0.05) is 12.5 Å². The van der Waals surface area contributed by atoms with Crippen LogP contribution in [0, 0.1) is 0 Å². The quantitative estimate of drug-likeness (QED) is 0.185. The van der Waals surface area contributed by atoms with Crippen LogP contribution in [-0.4, -0.2) is 35.8 Å². The molecule has 0 aromatic heterocycles. The third-order valence-electron chi connectivity index (χ3n) is 3.92. The van der Waals surface area contributed by atoms with E-state index in [2.05, 4.69) is 0 Å². The molecule has 10 heteroatoms. The zero-order valence-corrected chi connectivity index (χ0v) is 15.9. The van der Waals surface area contributed by atoms with Gasteiger partial charge in [-0.25, -0.2) is 9.59 Å². The number of carbonyl (C=O) groups excluding carboxylic acids is 1. The number of benzene rings is 2. The van der Waals surface area contributed by atoms with Gasteiger partial charge in [0.05, 0.1) is 12.2 Å². The molecule has 0 spiro atoms. The highest BCUT2D eigenvalue weighted by molar-refractivity contribution is 5.91. The van der Waals surface area contributed by atoms with Gasteiger partial charge in [0.25, 0.3) is 0 Å². The van der Waals surface area contributed by atoms with Crippen LogP contribution in [0.5, 0.6) is 11.5 Å². The monoisotopic (exact) mass is 444 g/mol. The summed E-state index contributed by atoms with van der Waals surface area (Å²) in [6.45, 7) is -0.349. The fourth-order valence-electron chi connectivity index (χ4n) is 2.29. The van der Waals surface area contributed by atoms with Crippen molar-refractivity contribution in [3.63, 3.8) is 0 Å². The van der Waals surface area contributed by atoms with Crippen LogP contribution in [0.25, 0.3) is 6.08 Å². The Kier molecular flexibility index (Phi) is 7.73. The van der Waals surface area contributed by atoms with Gasteiger partial charge in [-0.15, -0.1) is 0 Å². The maximum atomic E-state index is 12.8. The Hall–Kier alpha value is -3.43. The summed E-state index contributed by atoms with van der Waals surface area (Å²) in [4.78, 5) is 22.6. The molecule has 1 N–H and O–H groups in total. The molecule has 0 radical (unpaired) electrons. The zero-order valence-electron chi connectivity index (χ0n) is 15.9. The first-order valence-corrected chi connectivity index (χ1v) is 8.88. The minimum Gasteiger partial charge on any atom is -0.494 e. The third-order valence-corrected chi connectivity index (χ3v) is 3.92. The lowest BCUT2D eigenvalue weighted by molar-refractivity contribution is -0.284. The van der Waals surface area contributed by atoms with Gasteiger partial charge in [-0.2, -0.15) is 22.0 Å². The fraction of sp³-hybridized carbons (Fsp3) is 0.238. The smallest absolute Gasteiger partial charge is 0.453 e. The first-order valence-electron chi connectivity index (χ1n) is 8.88. The molecule has 2 aromatic rings. The summed E-state index contributed by atoms with van der Waals surface area (Å²) in [7, 11) is 0. The van der Waals surface area contributed by atoms with E-state index in [0.29, 0.717) is 5.56 Å². The largest absolute Gasteiger partial charge is 0.494 e. The molecule has 0 aliphatic rings. The molecule has 0 aliphatic carbocycles. The number of carboxylic acids is 1. The molecular formula is C21H17F5O5. The number of hydrogen-bond acceptors (Lipinski definition) is 4. The molecule has 166 valence electrons. The predicted octanol–water partition coefficient (Wildman–Crippen LogP) is 5.36. The fourth-order valence-corrected chi connectivity index (χ4v) is 2.29. The number of esters is 1. The Balaban J connectivity index is 1.84. The number of ether oxygens (including phenoxy) is 2. The molecular weight excluding hydrogens is 427 g/mol. The van der Waals surface area contributed by atoms with Crippen molar-refractivity contribution in [2.45, 2.75) is 24.9 Å². The second-order valence-electron chi connectivity index (χ2n) is 6.31. The lowest BCUT2D eigenvalue weighted by Gasteiger charge is -2.19. The first-order chi connectivity index (χ1) is 14.5. The van der Waals surface area contributed by atoms with Crippen molar-refractivity contribution in [1.29, 1.82) is 0 Å². The van der Waals surface area contributed by atoms with Crippen molar-refractivity contribution in [3.8, 4) is 11.5 Å². The summed E-state index contributed by atoms with van der Waals surface area (Å²) >= 11 is 0. The average molecular weight is 444 g/mol. The molecule has 0 fully saturated rings. The van der Waals surface area contributed by atoms with Crippen molar-refractivity contribution < 1.29 is 46.1 Å². The molecule has 0 aliphatic heterocycles. The molecule has 2 aromatic carbocycles. The van der Waals surface area contributed by atoms with E-state index in [9.17, 15) is 31.5 Å². The SMILES string of the molecule is O=C(O)C=Cc1ccc(OC(=O)c2ccc(OCCCC(F)(F)C(F)(F)F)cc2)cc1. The van der Waals surface area contributed by atoms with Crippen LogP contribution in [0.1, 0.15) is 28.8 Å². The van der Waals surface area contributed by atoms with E-state index in [4.69, 9.17) is 14.6 Å². The van der Waals surface area contributed by atoms with Gasteiger partial charge >= 0.3 is 24.0 Å². The number of alkyl halides is 5. The molecule has 5 nitrogen and oxygen atoms in total. The van der Waals surface area contributed by atoms with Gasteiger partial charge in [0.15, 0.2) is 0 Å². The Labute approximate surface area is 173 Å². The highest BCUT2D eigenvalue weighted by Gasteiger charge is 2.56. The van der Waals surface area contributed by atoms with E-state index in [1.165, 1.54) is 42.5 Å². The zero-order chi connectivity index (χ0) is 23.1. The molecule has 31 heavy (non-hydrogen) atoms. The summed E-state index contributed by atoms with van der Waals surface area (Å²) in [5.41, 5.74) is 0.752. The lowest BCUT2D eigenvalue weighted by Crippen LogP contribution is -2.36. The summed E-state index contributed by atoms with van der Waals surface area (Å²) in [6, 6.07) is 11.5. The van der Waals surface area contributed by atoms with E-state index in [-0.39, 0.29) is 23.7 Å². The van der Waals surface area contributed by atoms with Crippen molar-refractivity contribution in [2.24, 2.45) is 0 Å². The second-order valence-corrected chi connectivity index (χ2v) is 6.31. The summed E-state index contributed by atoms with van der Waals surface area (Å²) in [6.07, 6.45) is -5.15. The average Bonchev–Trinajstić information content (AvgIpc) is 2.70. The summed E-state index contributed by atoms with van der Waals surface area (Å²) in [5, 5.41) is 8.58. The normalized spacial score (nSPS) is 12.0. The number of halogens is 5. The van der Waals surface area contributed by atoms with Gasteiger partial charge in [0.2, 0.25) is 0 Å². The first kappa shape index (κ1) is 23.8.